The predicted octanol–water partition coefficient (Wildman–Crippen LogP) is 1.96. The number of nitrogens with zero attached hydrogens (tertiary/aromatic N) is 1. The third-order valence-electron chi connectivity index (χ3n) is 1.96. The predicted molar refractivity (Wildman–Crippen MR) is 60.7 cm³/mol. The minimum Gasteiger partial charge on any atom is -0.396 e. The lowest BCUT2D eigenvalue weighted by atomic mass is 10.1. The Labute approximate surface area is 92.5 Å². The molecule has 0 fully saturated rings. The number of aliphatic hydroxyl groups is 1. The highest BCUT2D eigenvalue weighted by atomic mass is 32.2. The molecule has 2 rings (SSSR count). The number of rotatable bonds is 4. The van der Waals surface area contributed by atoms with Crippen LogP contribution in [0.15, 0.2) is 35.5 Å². The van der Waals surface area contributed by atoms with Crippen molar-refractivity contribution in [2.75, 3.05) is 12.4 Å². The maximum atomic E-state index is 8.73. The van der Waals surface area contributed by atoms with Crippen molar-refractivity contribution in [2.24, 2.45) is 0 Å². The van der Waals surface area contributed by atoms with Gasteiger partial charge in [0.25, 0.3) is 0 Å². The molecule has 0 bridgehead atoms. The molecule has 1 aromatic heterocycles. The first-order valence-corrected chi connectivity index (χ1v) is 5.63. The van der Waals surface area contributed by atoms with Gasteiger partial charge in [-0.25, -0.2) is 0 Å². The lowest BCUT2D eigenvalue weighted by Crippen LogP contribution is -1.85. The quantitative estimate of drug-likeness (QED) is 0.773. The molecule has 2 N–H and O–H groups in total. The molecule has 1 heterocycles. The first-order chi connectivity index (χ1) is 7.40. The van der Waals surface area contributed by atoms with E-state index in [4.69, 9.17) is 5.11 Å². The normalized spacial score (nSPS) is 10.5. The summed E-state index contributed by atoms with van der Waals surface area (Å²) in [6.07, 6.45) is 3.64. The van der Waals surface area contributed by atoms with Gasteiger partial charge < -0.3 is 5.11 Å². The van der Waals surface area contributed by atoms with Gasteiger partial charge in [0.2, 0.25) is 0 Å². The van der Waals surface area contributed by atoms with E-state index in [1.807, 2.05) is 24.4 Å². The Morgan fingerprint density at radius 2 is 2.40 bits per heavy atom. The van der Waals surface area contributed by atoms with Gasteiger partial charge in [-0.3, -0.25) is 5.10 Å². The van der Waals surface area contributed by atoms with E-state index in [1.165, 1.54) is 0 Å². The molecule has 0 spiro atoms. The molecular formula is C11H11N2OS. The molecule has 0 saturated heterocycles. The zero-order valence-electron chi connectivity index (χ0n) is 8.10. The van der Waals surface area contributed by atoms with E-state index in [2.05, 4.69) is 16.3 Å². The first kappa shape index (κ1) is 10.3. The molecule has 77 valence electrons. The largest absolute Gasteiger partial charge is 0.396 e. The number of H-pyrrole nitrogens is 1. The topological polar surface area (TPSA) is 48.9 Å². The van der Waals surface area contributed by atoms with Crippen LogP contribution in [0.4, 0.5) is 0 Å². The number of thioether (sulfide) groups is 1. The van der Waals surface area contributed by atoms with Crippen molar-refractivity contribution in [2.45, 2.75) is 4.90 Å². The third-order valence-corrected chi connectivity index (χ3v) is 2.89. The van der Waals surface area contributed by atoms with Crippen molar-refractivity contribution < 1.29 is 5.11 Å². The van der Waals surface area contributed by atoms with Crippen LogP contribution in [0.3, 0.4) is 0 Å². The fraction of sp³-hybridized carbons (Fsp3) is 0.182. The summed E-state index contributed by atoms with van der Waals surface area (Å²) >= 11 is 1.60. The van der Waals surface area contributed by atoms with E-state index in [0.29, 0.717) is 5.75 Å². The summed E-state index contributed by atoms with van der Waals surface area (Å²) in [7, 11) is 0. The van der Waals surface area contributed by atoms with Crippen LogP contribution in [0.5, 0.6) is 0 Å². The Hall–Kier alpha value is -1.26. The van der Waals surface area contributed by atoms with Gasteiger partial charge in [0.15, 0.2) is 0 Å². The second-order valence-corrected chi connectivity index (χ2v) is 4.14. The zero-order valence-corrected chi connectivity index (χ0v) is 8.92. The number of hydrogen-bond acceptors (Lipinski definition) is 3. The van der Waals surface area contributed by atoms with Crippen molar-refractivity contribution in [3.8, 4) is 11.1 Å². The summed E-state index contributed by atoms with van der Waals surface area (Å²) in [5, 5.41) is 15.4. The lowest BCUT2D eigenvalue weighted by molar-refractivity contribution is 0.322. The summed E-state index contributed by atoms with van der Waals surface area (Å²) < 4.78 is 0. The van der Waals surface area contributed by atoms with Gasteiger partial charge in [0, 0.05) is 22.4 Å². The van der Waals surface area contributed by atoms with Crippen molar-refractivity contribution >= 4 is 11.8 Å². The number of benzene rings is 1. The molecule has 0 amide bonds. The molecule has 0 aliphatic heterocycles. The van der Waals surface area contributed by atoms with Gasteiger partial charge in [-0.1, -0.05) is 12.1 Å². The maximum Gasteiger partial charge on any atom is 0.0565 e. The Morgan fingerprint density at radius 1 is 1.47 bits per heavy atom. The third kappa shape index (κ3) is 2.61. The van der Waals surface area contributed by atoms with Gasteiger partial charge in [-0.15, -0.1) is 11.8 Å². The fourth-order valence-electron chi connectivity index (χ4n) is 1.27. The molecule has 0 unspecified atom stereocenters. The number of nitrogens with one attached hydrogen (secondary N) is 1. The number of aromatic amines is 1. The summed E-state index contributed by atoms with van der Waals surface area (Å²) in [6.45, 7) is 0.189. The minimum atomic E-state index is 0.189. The van der Waals surface area contributed by atoms with Gasteiger partial charge in [0.1, 0.15) is 0 Å². The van der Waals surface area contributed by atoms with Crippen LogP contribution >= 0.6 is 11.8 Å². The van der Waals surface area contributed by atoms with E-state index in [9.17, 15) is 0 Å². The fourth-order valence-corrected chi connectivity index (χ4v) is 1.94. The Balaban J connectivity index is 2.19. The van der Waals surface area contributed by atoms with E-state index < -0.39 is 0 Å². The Morgan fingerprint density at radius 3 is 3.13 bits per heavy atom. The molecule has 1 radical (unpaired) electrons. The minimum absolute atomic E-state index is 0.189. The Bertz CT molecular complexity index is 414. The van der Waals surface area contributed by atoms with Crippen LogP contribution in [0.1, 0.15) is 0 Å². The van der Waals surface area contributed by atoms with Crippen LogP contribution in [-0.4, -0.2) is 27.7 Å². The molecule has 15 heavy (non-hydrogen) atoms. The van der Waals surface area contributed by atoms with E-state index >= 15 is 0 Å². The molecule has 0 aliphatic carbocycles. The Kier molecular flexibility index (Phi) is 3.42. The molecule has 0 saturated carbocycles. The standard InChI is InChI=1S/C11H11N2OS/c14-4-5-15-11-3-1-2-9(6-11)10-7-12-13-8-10/h1-2,6-8,14H,4-5H2,(H,12,13). The van der Waals surface area contributed by atoms with Crippen molar-refractivity contribution in [1.29, 1.82) is 0 Å². The molecule has 0 atom stereocenters. The van der Waals surface area contributed by atoms with Gasteiger partial charge >= 0.3 is 0 Å². The van der Waals surface area contributed by atoms with E-state index in [-0.39, 0.29) is 6.61 Å². The van der Waals surface area contributed by atoms with Crippen LogP contribution in [-0.2, 0) is 0 Å². The highest BCUT2D eigenvalue weighted by Gasteiger charge is 2.00. The van der Waals surface area contributed by atoms with Crippen molar-refractivity contribution in [1.82, 2.24) is 10.2 Å². The molecule has 3 nitrogen and oxygen atoms in total. The number of aliphatic hydroxyl groups excluding tert-OH is 1. The van der Waals surface area contributed by atoms with Gasteiger partial charge in [-0.05, 0) is 17.7 Å². The summed E-state index contributed by atoms with van der Waals surface area (Å²) in [4.78, 5) is 1.04. The summed E-state index contributed by atoms with van der Waals surface area (Å²) in [6, 6.07) is 9.06. The van der Waals surface area contributed by atoms with Crippen molar-refractivity contribution in [3.05, 3.63) is 36.7 Å². The van der Waals surface area contributed by atoms with Gasteiger partial charge in [-0.2, -0.15) is 5.10 Å². The van der Waals surface area contributed by atoms with E-state index in [1.54, 1.807) is 18.0 Å². The smallest absolute Gasteiger partial charge is 0.0565 e. The number of aromatic nitrogens is 2. The second-order valence-electron chi connectivity index (χ2n) is 3.00. The average molecular weight is 219 g/mol. The zero-order chi connectivity index (χ0) is 10.5. The lowest BCUT2D eigenvalue weighted by Gasteiger charge is -2.01. The average Bonchev–Trinajstić information content (AvgIpc) is 2.80. The van der Waals surface area contributed by atoms with Crippen LogP contribution in [0, 0.1) is 6.07 Å². The van der Waals surface area contributed by atoms with Gasteiger partial charge in [0.05, 0.1) is 12.8 Å². The monoisotopic (exact) mass is 219 g/mol. The number of hydrogen-bond donors (Lipinski definition) is 2. The molecule has 1 aromatic carbocycles. The first-order valence-electron chi connectivity index (χ1n) is 4.64. The van der Waals surface area contributed by atoms with Crippen LogP contribution in [0.25, 0.3) is 11.1 Å². The van der Waals surface area contributed by atoms with E-state index in [0.717, 1.165) is 16.0 Å². The van der Waals surface area contributed by atoms with Crippen LogP contribution in [0.2, 0.25) is 0 Å². The van der Waals surface area contributed by atoms with Crippen LogP contribution < -0.4 is 0 Å². The second kappa shape index (κ2) is 5.00. The highest BCUT2D eigenvalue weighted by molar-refractivity contribution is 7.99. The molecule has 2 aromatic rings. The maximum absolute atomic E-state index is 8.73. The molecule has 4 heteroatoms. The van der Waals surface area contributed by atoms with Crippen molar-refractivity contribution in [3.63, 3.8) is 0 Å². The highest BCUT2D eigenvalue weighted by Crippen LogP contribution is 2.24. The molecule has 0 aliphatic rings. The summed E-state index contributed by atoms with van der Waals surface area (Å²) in [5.74, 6) is 0.700. The summed E-state index contributed by atoms with van der Waals surface area (Å²) in [5.41, 5.74) is 2.18. The molecular weight excluding hydrogens is 208 g/mol. The SMILES string of the molecule is OCCSc1[c]ccc(-c2cn[nH]c2)c1.